The molecule has 0 saturated carbocycles. The third-order valence-corrected chi connectivity index (χ3v) is 5.85. The summed E-state index contributed by atoms with van der Waals surface area (Å²) in [6.45, 7) is 0.407. The monoisotopic (exact) mass is 515 g/mol. The Morgan fingerprint density at radius 2 is 1.58 bits per heavy atom. The van der Waals surface area contributed by atoms with Crippen LogP contribution in [0.2, 0.25) is 5.02 Å². The SMILES string of the molecule is COCc1cc(OC)c(-c2ccc(C[C@H](NC(=O)c3c(F)cccc3Cl)C(=O)OC)cc2)c(OC)c1. The zero-order valence-electron chi connectivity index (χ0n) is 20.4. The molecule has 0 unspecified atom stereocenters. The van der Waals surface area contributed by atoms with Gasteiger partial charge in [0.2, 0.25) is 0 Å². The van der Waals surface area contributed by atoms with Crippen molar-refractivity contribution >= 4 is 23.5 Å². The zero-order chi connectivity index (χ0) is 26.2. The number of ether oxygens (including phenoxy) is 4. The van der Waals surface area contributed by atoms with Crippen LogP contribution in [0.5, 0.6) is 11.5 Å². The topological polar surface area (TPSA) is 83.1 Å². The van der Waals surface area contributed by atoms with Gasteiger partial charge in [0.25, 0.3) is 5.91 Å². The number of esters is 1. The predicted molar refractivity (Wildman–Crippen MR) is 134 cm³/mol. The number of benzene rings is 3. The lowest BCUT2D eigenvalue weighted by Crippen LogP contribution is -2.43. The van der Waals surface area contributed by atoms with E-state index in [0.717, 1.165) is 28.3 Å². The highest BCUT2D eigenvalue weighted by Gasteiger charge is 2.25. The van der Waals surface area contributed by atoms with E-state index in [4.69, 9.17) is 30.5 Å². The van der Waals surface area contributed by atoms with Crippen LogP contribution in [0, 0.1) is 5.82 Å². The van der Waals surface area contributed by atoms with Gasteiger partial charge in [-0.05, 0) is 41.0 Å². The molecule has 0 radical (unpaired) electrons. The second-order valence-corrected chi connectivity index (χ2v) is 8.26. The van der Waals surface area contributed by atoms with E-state index in [9.17, 15) is 14.0 Å². The molecule has 0 saturated heterocycles. The van der Waals surface area contributed by atoms with Crippen molar-refractivity contribution in [3.63, 3.8) is 0 Å². The molecule has 0 aromatic heterocycles. The summed E-state index contributed by atoms with van der Waals surface area (Å²) < 4.78 is 35.4. The number of carbonyl (C=O) groups is 2. The standard InChI is InChI=1S/C27H27ClFNO6/c1-33-15-17-13-22(34-2)24(23(14-17)35-3)18-10-8-16(9-11-18)12-21(27(32)36-4)30-26(31)25-19(28)6-5-7-20(25)29/h5-11,13-14,21H,12,15H2,1-4H3,(H,30,31)/t21-/m0/s1. The molecule has 190 valence electrons. The van der Waals surface area contributed by atoms with Crippen LogP contribution in [-0.2, 0) is 27.3 Å². The van der Waals surface area contributed by atoms with E-state index in [1.165, 1.54) is 19.2 Å². The number of amides is 1. The van der Waals surface area contributed by atoms with Gasteiger partial charge in [0.15, 0.2) is 0 Å². The molecule has 1 atom stereocenters. The van der Waals surface area contributed by atoms with Crippen molar-refractivity contribution in [3.05, 3.63) is 82.1 Å². The lowest BCUT2D eigenvalue weighted by atomic mass is 9.98. The minimum Gasteiger partial charge on any atom is -0.496 e. The summed E-state index contributed by atoms with van der Waals surface area (Å²) in [6.07, 6.45) is 0.117. The van der Waals surface area contributed by atoms with Crippen LogP contribution < -0.4 is 14.8 Å². The van der Waals surface area contributed by atoms with Crippen LogP contribution in [0.3, 0.4) is 0 Å². The second kappa shape index (κ2) is 12.4. The molecule has 3 aromatic carbocycles. The van der Waals surface area contributed by atoms with Gasteiger partial charge in [-0.3, -0.25) is 4.79 Å². The normalized spacial score (nSPS) is 11.5. The molecule has 0 bridgehead atoms. The number of hydrogen-bond acceptors (Lipinski definition) is 6. The molecule has 36 heavy (non-hydrogen) atoms. The number of nitrogens with one attached hydrogen (secondary N) is 1. The van der Waals surface area contributed by atoms with Crippen LogP contribution in [0.1, 0.15) is 21.5 Å². The maximum absolute atomic E-state index is 14.2. The van der Waals surface area contributed by atoms with E-state index >= 15 is 0 Å². The first kappa shape index (κ1) is 27.0. The molecule has 3 rings (SSSR count). The maximum Gasteiger partial charge on any atom is 0.328 e. The summed E-state index contributed by atoms with van der Waals surface area (Å²) in [5.74, 6) is -1.02. The molecular weight excluding hydrogens is 489 g/mol. The number of carbonyl (C=O) groups excluding carboxylic acids is 2. The Balaban J connectivity index is 1.86. The second-order valence-electron chi connectivity index (χ2n) is 7.86. The van der Waals surface area contributed by atoms with Crippen molar-refractivity contribution in [1.82, 2.24) is 5.32 Å². The first-order valence-corrected chi connectivity index (χ1v) is 11.4. The number of hydrogen-bond donors (Lipinski definition) is 1. The molecule has 0 spiro atoms. The Hall–Kier alpha value is -3.62. The highest BCUT2D eigenvalue weighted by molar-refractivity contribution is 6.33. The van der Waals surface area contributed by atoms with Gasteiger partial charge in [-0.2, -0.15) is 0 Å². The Morgan fingerprint density at radius 1 is 0.944 bits per heavy atom. The molecule has 0 aliphatic carbocycles. The summed E-state index contributed by atoms with van der Waals surface area (Å²) >= 11 is 5.99. The van der Waals surface area contributed by atoms with Crippen molar-refractivity contribution in [2.75, 3.05) is 28.4 Å². The molecule has 7 nitrogen and oxygen atoms in total. The molecule has 3 aromatic rings. The van der Waals surface area contributed by atoms with E-state index in [0.29, 0.717) is 18.1 Å². The van der Waals surface area contributed by atoms with Gasteiger partial charge in [0.05, 0.1) is 44.1 Å². The summed E-state index contributed by atoms with van der Waals surface area (Å²) in [5, 5.41) is 2.47. The van der Waals surface area contributed by atoms with E-state index < -0.39 is 23.7 Å². The summed E-state index contributed by atoms with van der Waals surface area (Å²) in [5.41, 5.74) is 2.90. The summed E-state index contributed by atoms with van der Waals surface area (Å²) in [4.78, 5) is 25.1. The van der Waals surface area contributed by atoms with Gasteiger partial charge in [-0.1, -0.05) is 41.9 Å². The van der Waals surface area contributed by atoms with E-state index in [2.05, 4.69) is 5.32 Å². The molecule has 0 aliphatic heterocycles. The minimum absolute atomic E-state index is 0.0557. The van der Waals surface area contributed by atoms with Crippen molar-refractivity contribution in [1.29, 1.82) is 0 Å². The fourth-order valence-corrected chi connectivity index (χ4v) is 4.07. The van der Waals surface area contributed by atoms with Crippen molar-refractivity contribution in [2.45, 2.75) is 19.1 Å². The van der Waals surface area contributed by atoms with E-state index in [-0.39, 0.29) is 17.0 Å². The van der Waals surface area contributed by atoms with Gasteiger partial charge in [0.1, 0.15) is 23.4 Å². The predicted octanol–water partition coefficient (Wildman–Crippen LogP) is 4.82. The molecule has 1 N–H and O–H groups in total. The lowest BCUT2D eigenvalue weighted by molar-refractivity contribution is -0.142. The summed E-state index contributed by atoms with van der Waals surface area (Å²) in [7, 11) is 5.98. The number of rotatable bonds is 10. The van der Waals surface area contributed by atoms with Crippen LogP contribution in [0.25, 0.3) is 11.1 Å². The highest BCUT2D eigenvalue weighted by atomic mass is 35.5. The van der Waals surface area contributed by atoms with E-state index in [1.54, 1.807) is 21.3 Å². The van der Waals surface area contributed by atoms with Crippen LogP contribution >= 0.6 is 11.6 Å². The van der Waals surface area contributed by atoms with Gasteiger partial charge >= 0.3 is 5.97 Å². The van der Waals surface area contributed by atoms with Gasteiger partial charge in [0, 0.05) is 13.5 Å². The Bertz CT molecular complexity index is 1190. The van der Waals surface area contributed by atoms with Gasteiger partial charge < -0.3 is 24.3 Å². The lowest BCUT2D eigenvalue weighted by Gasteiger charge is -2.18. The zero-order valence-corrected chi connectivity index (χ0v) is 21.1. The fraction of sp³-hybridized carbons (Fsp3) is 0.259. The molecule has 0 aliphatic rings. The van der Waals surface area contributed by atoms with Gasteiger partial charge in [-0.15, -0.1) is 0 Å². The minimum atomic E-state index is -1.05. The van der Waals surface area contributed by atoms with Crippen molar-refractivity contribution in [2.24, 2.45) is 0 Å². The number of methoxy groups -OCH3 is 4. The van der Waals surface area contributed by atoms with Crippen molar-refractivity contribution in [3.8, 4) is 22.6 Å². The maximum atomic E-state index is 14.2. The summed E-state index contributed by atoms with van der Waals surface area (Å²) in [6, 6.07) is 14.0. The first-order chi connectivity index (χ1) is 17.3. The third kappa shape index (κ3) is 6.13. The smallest absolute Gasteiger partial charge is 0.328 e. The van der Waals surface area contributed by atoms with Gasteiger partial charge in [-0.25, -0.2) is 9.18 Å². The van der Waals surface area contributed by atoms with Crippen molar-refractivity contribution < 1.29 is 32.9 Å². The van der Waals surface area contributed by atoms with Crippen LogP contribution in [0.15, 0.2) is 54.6 Å². The average molecular weight is 516 g/mol. The Morgan fingerprint density at radius 3 is 2.11 bits per heavy atom. The molecule has 0 fully saturated rings. The number of halogens is 2. The van der Waals surface area contributed by atoms with Crippen LogP contribution in [0.4, 0.5) is 4.39 Å². The quantitative estimate of drug-likeness (QED) is 0.390. The molecule has 1 amide bonds. The average Bonchev–Trinajstić information content (AvgIpc) is 2.87. The molecule has 0 heterocycles. The third-order valence-electron chi connectivity index (χ3n) is 5.54. The first-order valence-electron chi connectivity index (χ1n) is 11.0. The molecule has 9 heteroatoms. The Labute approximate surface area is 214 Å². The highest BCUT2D eigenvalue weighted by Crippen LogP contribution is 2.40. The Kier molecular flexibility index (Phi) is 9.27. The van der Waals surface area contributed by atoms with E-state index in [1.807, 2.05) is 36.4 Å². The molecular formula is C27H27ClFNO6. The fourth-order valence-electron chi connectivity index (χ4n) is 3.82. The largest absolute Gasteiger partial charge is 0.496 e. The van der Waals surface area contributed by atoms with Crippen LogP contribution in [-0.4, -0.2) is 46.4 Å².